The van der Waals surface area contributed by atoms with Crippen LogP contribution in [-0.4, -0.2) is 47.0 Å². The molecule has 0 heterocycles. The van der Waals surface area contributed by atoms with Gasteiger partial charge in [0, 0.05) is 18.6 Å². The number of hydrogen-bond acceptors (Lipinski definition) is 5. The van der Waals surface area contributed by atoms with E-state index < -0.39 is 25.6 Å². The molecule has 2 unspecified atom stereocenters. The van der Waals surface area contributed by atoms with Gasteiger partial charge in [-0.3, -0.25) is 0 Å². The zero-order valence-corrected chi connectivity index (χ0v) is 15.6. The first kappa shape index (κ1) is 22.1. The van der Waals surface area contributed by atoms with E-state index in [1.54, 1.807) is 0 Å². The SMILES string of the molecule is CCS(=O)(=O)NCCS(=O)(=O)NC1(CN)CCCCC1C.Cl. The van der Waals surface area contributed by atoms with Crippen LogP contribution in [0.1, 0.15) is 39.5 Å². The van der Waals surface area contributed by atoms with Gasteiger partial charge in [0.1, 0.15) is 0 Å². The topological polar surface area (TPSA) is 118 Å². The van der Waals surface area contributed by atoms with E-state index in [1.807, 2.05) is 6.92 Å². The number of hydrogen-bond donors (Lipinski definition) is 3. The molecule has 0 spiro atoms. The van der Waals surface area contributed by atoms with Gasteiger partial charge >= 0.3 is 0 Å². The molecule has 134 valence electrons. The Hall–Kier alpha value is 0.0700. The summed E-state index contributed by atoms with van der Waals surface area (Å²) in [6.45, 7) is 3.64. The lowest BCUT2D eigenvalue weighted by atomic mass is 9.74. The highest BCUT2D eigenvalue weighted by molar-refractivity contribution is 7.90. The fourth-order valence-corrected chi connectivity index (χ4v) is 4.93. The molecule has 1 rings (SSSR count). The Morgan fingerprint density at radius 2 is 1.82 bits per heavy atom. The summed E-state index contributed by atoms with van der Waals surface area (Å²) in [5.41, 5.74) is 5.22. The number of sulfonamides is 2. The molecule has 1 aliphatic rings. The molecule has 2 atom stereocenters. The molecular formula is C12H28ClN3O4S2. The van der Waals surface area contributed by atoms with Crippen LogP contribution in [0.3, 0.4) is 0 Å². The van der Waals surface area contributed by atoms with Crippen LogP contribution in [-0.2, 0) is 20.0 Å². The van der Waals surface area contributed by atoms with Crippen molar-refractivity contribution in [2.24, 2.45) is 11.7 Å². The second-order valence-electron chi connectivity index (χ2n) is 5.73. The third kappa shape index (κ3) is 6.29. The van der Waals surface area contributed by atoms with Crippen LogP contribution in [0, 0.1) is 5.92 Å². The van der Waals surface area contributed by atoms with Gasteiger partial charge < -0.3 is 5.73 Å². The highest BCUT2D eigenvalue weighted by Crippen LogP contribution is 2.33. The van der Waals surface area contributed by atoms with Crippen LogP contribution in [0.5, 0.6) is 0 Å². The van der Waals surface area contributed by atoms with Gasteiger partial charge in [-0.1, -0.05) is 19.8 Å². The molecule has 0 amide bonds. The number of rotatable bonds is 8. The van der Waals surface area contributed by atoms with E-state index in [-0.39, 0.29) is 42.9 Å². The molecule has 0 saturated heterocycles. The van der Waals surface area contributed by atoms with Gasteiger partial charge in [0.25, 0.3) is 0 Å². The molecule has 0 aromatic heterocycles. The maximum Gasteiger partial charge on any atom is 0.213 e. The Labute approximate surface area is 140 Å². The first-order chi connectivity index (χ1) is 9.66. The van der Waals surface area contributed by atoms with E-state index in [2.05, 4.69) is 9.44 Å². The van der Waals surface area contributed by atoms with Gasteiger partial charge in [0.05, 0.1) is 11.5 Å². The monoisotopic (exact) mass is 377 g/mol. The fraction of sp³-hybridized carbons (Fsp3) is 1.00. The van der Waals surface area contributed by atoms with Crippen molar-refractivity contribution in [3.05, 3.63) is 0 Å². The summed E-state index contributed by atoms with van der Waals surface area (Å²) in [4.78, 5) is 0. The van der Waals surface area contributed by atoms with Crippen LogP contribution >= 0.6 is 12.4 Å². The van der Waals surface area contributed by atoms with E-state index in [4.69, 9.17) is 5.73 Å². The standard InChI is InChI=1S/C12H27N3O4S2.ClH/c1-3-20(16,17)14-8-9-21(18,19)15-12(10-13)7-5-4-6-11(12)2;/h11,14-15H,3-10,13H2,1-2H3;1H. The molecular weight excluding hydrogens is 350 g/mol. The molecule has 7 nitrogen and oxygen atoms in total. The molecule has 0 aromatic carbocycles. The lowest BCUT2D eigenvalue weighted by Crippen LogP contribution is -2.59. The van der Waals surface area contributed by atoms with Gasteiger partial charge in [-0.25, -0.2) is 26.3 Å². The average Bonchev–Trinajstić information content (AvgIpc) is 2.41. The Bertz CT molecular complexity index is 539. The lowest BCUT2D eigenvalue weighted by Gasteiger charge is -2.42. The summed E-state index contributed by atoms with van der Waals surface area (Å²) in [5, 5.41) is 0. The summed E-state index contributed by atoms with van der Waals surface area (Å²) in [5.74, 6) is -0.163. The van der Waals surface area contributed by atoms with E-state index in [9.17, 15) is 16.8 Å². The fourth-order valence-electron chi connectivity index (χ4n) is 2.70. The summed E-state index contributed by atoms with van der Waals surface area (Å²) in [6.07, 6.45) is 3.71. The molecule has 0 aromatic rings. The normalized spacial score (nSPS) is 26.4. The van der Waals surface area contributed by atoms with Gasteiger partial charge in [0.2, 0.25) is 20.0 Å². The van der Waals surface area contributed by atoms with Gasteiger partial charge in [-0.2, -0.15) is 0 Å². The Morgan fingerprint density at radius 1 is 1.18 bits per heavy atom. The van der Waals surface area contributed by atoms with Gasteiger partial charge in [0.15, 0.2) is 0 Å². The summed E-state index contributed by atoms with van der Waals surface area (Å²) >= 11 is 0. The van der Waals surface area contributed by atoms with Gasteiger partial charge in [-0.15, -0.1) is 12.4 Å². The number of nitrogens with one attached hydrogen (secondary N) is 2. The molecule has 0 radical (unpaired) electrons. The zero-order valence-electron chi connectivity index (χ0n) is 13.2. The quantitative estimate of drug-likeness (QED) is 0.557. The number of halogens is 1. The van der Waals surface area contributed by atoms with Crippen LogP contribution in [0.25, 0.3) is 0 Å². The van der Waals surface area contributed by atoms with Crippen molar-refractivity contribution in [3.63, 3.8) is 0 Å². The minimum Gasteiger partial charge on any atom is -0.329 e. The highest BCUT2D eigenvalue weighted by atomic mass is 35.5. The maximum absolute atomic E-state index is 12.2. The van der Waals surface area contributed by atoms with Crippen LogP contribution < -0.4 is 15.2 Å². The smallest absolute Gasteiger partial charge is 0.213 e. The predicted octanol–water partition coefficient (Wildman–Crippen LogP) is 0.175. The average molecular weight is 378 g/mol. The van der Waals surface area contributed by atoms with Crippen molar-refractivity contribution in [2.45, 2.75) is 45.1 Å². The predicted molar refractivity (Wildman–Crippen MR) is 91.1 cm³/mol. The van der Waals surface area contributed by atoms with E-state index >= 15 is 0 Å². The lowest BCUT2D eigenvalue weighted by molar-refractivity contribution is 0.191. The van der Waals surface area contributed by atoms with E-state index in [0.717, 1.165) is 25.7 Å². The van der Waals surface area contributed by atoms with E-state index in [1.165, 1.54) is 6.92 Å². The Balaban J connectivity index is 0.00000441. The van der Waals surface area contributed by atoms with Crippen LogP contribution in [0.2, 0.25) is 0 Å². The second kappa shape index (κ2) is 8.79. The second-order valence-corrected chi connectivity index (χ2v) is 9.66. The molecule has 10 heteroatoms. The van der Waals surface area contributed by atoms with Crippen molar-refractivity contribution in [1.82, 2.24) is 9.44 Å². The number of nitrogens with two attached hydrogens (primary N) is 1. The molecule has 0 bridgehead atoms. The molecule has 1 saturated carbocycles. The van der Waals surface area contributed by atoms with Crippen molar-refractivity contribution < 1.29 is 16.8 Å². The van der Waals surface area contributed by atoms with E-state index in [0.29, 0.717) is 0 Å². The van der Waals surface area contributed by atoms with Crippen LogP contribution in [0.4, 0.5) is 0 Å². The van der Waals surface area contributed by atoms with Crippen LogP contribution in [0.15, 0.2) is 0 Å². The highest BCUT2D eigenvalue weighted by Gasteiger charge is 2.40. The maximum atomic E-state index is 12.2. The molecule has 22 heavy (non-hydrogen) atoms. The third-order valence-electron chi connectivity index (χ3n) is 4.25. The molecule has 1 aliphatic carbocycles. The molecule has 4 N–H and O–H groups in total. The van der Waals surface area contributed by atoms with Crippen molar-refractivity contribution in [1.29, 1.82) is 0 Å². The minimum atomic E-state index is -3.57. The Morgan fingerprint density at radius 3 is 2.32 bits per heavy atom. The molecule has 0 aliphatic heterocycles. The summed E-state index contributed by atoms with van der Waals surface area (Å²) < 4.78 is 52.0. The van der Waals surface area contributed by atoms with Crippen molar-refractivity contribution >= 4 is 32.5 Å². The summed E-state index contributed by atoms with van der Waals surface area (Å²) in [6, 6.07) is 0. The Kier molecular flexibility index (Phi) is 8.82. The summed E-state index contributed by atoms with van der Waals surface area (Å²) in [7, 11) is -6.95. The largest absolute Gasteiger partial charge is 0.329 e. The minimum absolute atomic E-state index is 0. The van der Waals surface area contributed by atoms with Gasteiger partial charge in [-0.05, 0) is 25.7 Å². The third-order valence-corrected chi connectivity index (χ3v) is 7.11. The molecule has 1 fully saturated rings. The van der Waals surface area contributed by atoms with Crippen molar-refractivity contribution in [3.8, 4) is 0 Å². The first-order valence-electron chi connectivity index (χ1n) is 7.35. The first-order valence-corrected chi connectivity index (χ1v) is 10.7. The zero-order chi connectivity index (χ0) is 16.1. The van der Waals surface area contributed by atoms with Crippen molar-refractivity contribution in [2.75, 3.05) is 24.6 Å².